The Morgan fingerprint density at radius 1 is 1.03 bits per heavy atom. The van der Waals surface area contributed by atoms with Gasteiger partial charge in [-0.1, -0.05) is 31.7 Å². The number of nitrogens with zero attached hydrogens (tertiary/aromatic N) is 1. The van der Waals surface area contributed by atoms with Crippen molar-refractivity contribution in [1.29, 1.82) is 0 Å². The van der Waals surface area contributed by atoms with Gasteiger partial charge in [0.15, 0.2) is 0 Å². The molecule has 1 N–H and O–H groups in total. The Labute approximate surface area is 200 Å². The number of Topliss-reactive ketones (excluding diaryl/α,β-unsaturated/α-hetero) is 1. The summed E-state index contributed by atoms with van der Waals surface area (Å²) in [4.78, 5) is 27.5. The van der Waals surface area contributed by atoms with E-state index in [4.69, 9.17) is 14.2 Å². The Morgan fingerprint density at radius 2 is 1.68 bits per heavy atom. The average Bonchev–Trinajstić information content (AvgIpc) is 3.11. The fourth-order valence-corrected chi connectivity index (χ4v) is 3.82. The van der Waals surface area contributed by atoms with Gasteiger partial charge in [-0.2, -0.15) is 0 Å². The molecule has 0 bridgehead atoms. The maximum absolute atomic E-state index is 13.1. The SMILES string of the molecule is C=CCOc1ccc(C(O)=C2C(=O)C(=O)N(CCCOC)C2c2ccc(OCCC)cc2)cc1. The Bertz CT molecular complexity index is 1030. The van der Waals surface area contributed by atoms with Crippen LogP contribution in [0.25, 0.3) is 5.76 Å². The number of rotatable bonds is 12. The minimum Gasteiger partial charge on any atom is -0.507 e. The van der Waals surface area contributed by atoms with Crippen molar-refractivity contribution in [2.45, 2.75) is 25.8 Å². The third-order valence-corrected chi connectivity index (χ3v) is 5.45. The van der Waals surface area contributed by atoms with Crippen molar-refractivity contribution in [2.75, 3.05) is 33.5 Å². The van der Waals surface area contributed by atoms with Crippen molar-refractivity contribution in [3.63, 3.8) is 0 Å². The number of ketones is 1. The number of benzene rings is 2. The van der Waals surface area contributed by atoms with E-state index in [9.17, 15) is 14.7 Å². The number of likely N-dealkylation sites (tertiary alicyclic amines) is 1. The molecular weight excluding hydrogens is 434 g/mol. The van der Waals surface area contributed by atoms with E-state index in [1.165, 1.54) is 4.90 Å². The highest BCUT2D eigenvalue weighted by molar-refractivity contribution is 6.46. The minimum atomic E-state index is -0.714. The summed E-state index contributed by atoms with van der Waals surface area (Å²) in [5.74, 6) is -0.259. The lowest BCUT2D eigenvalue weighted by Gasteiger charge is -2.25. The molecule has 34 heavy (non-hydrogen) atoms. The van der Waals surface area contributed by atoms with Crippen LogP contribution in [0, 0.1) is 0 Å². The van der Waals surface area contributed by atoms with Gasteiger partial charge in [0.25, 0.3) is 11.7 Å². The zero-order valence-electron chi connectivity index (χ0n) is 19.7. The summed E-state index contributed by atoms with van der Waals surface area (Å²) >= 11 is 0. The molecule has 7 heteroatoms. The van der Waals surface area contributed by atoms with Crippen LogP contribution in [0.15, 0.2) is 66.8 Å². The molecule has 2 aromatic carbocycles. The second-order valence-electron chi connectivity index (χ2n) is 7.88. The molecule has 2 aromatic rings. The first-order valence-corrected chi connectivity index (χ1v) is 11.4. The number of carbonyl (C=O) groups excluding carboxylic acids is 2. The topological polar surface area (TPSA) is 85.3 Å². The Hall–Kier alpha value is -3.58. The molecule has 1 aliphatic heterocycles. The molecule has 1 aliphatic rings. The van der Waals surface area contributed by atoms with Crippen molar-refractivity contribution >= 4 is 17.4 Å². The van der Waals surface area contributed by atoms with Crippen molar-refractivity contribution in [3.05, 3.63) is 77.9 Å². The molecule has 0 spiro atoms. The Morgan fingerprint density at radius 3 is 2.29 bits per heavy atom. The van der Waals surface area contributed by atoms with E-state index < -0.39 is 17.7 Å². The van der Waals surface area contributed by atoms with Crippen LogP contribution in [0.2, 0.25) is 0 Å². The van der Waals surface area contributed by atoms with Crippen LogP contribution in [0.3, 0.4) is 0 Å². The second-order valence-corrected chi connectivity index (χ2v) is 7.88. The predicted octanol–water partition coefficient (Wildman–Crippen LogP) is 4.50. The van der Waals surface area contributed by atoms with Crippen LogP contribution < -0.4 is 9.47 Å². The van der Waals surface area contributed by atoms with E-state index >= 15 is 0 Å². The number of hydrogen-bond donors (Lipinski definition) is 1. The largest absolute Gasteiger partial charge is 0.507 e. The highest BCUT2D eigenvalue weighted by Gasteiger charge is 2.45. The van der Waals surface area contributed by atoms with Crippen molar-refractivity contribution < 1.29 is 28.9 Å². The summed E-state index contributed by atoms with van der Waals surface area (Å²) in [5.41, 5.74) is 1.20. The van der Waals surface area contributed by atoms with Crippen molar-refractivity contribution in [3.8, 4) is 11.5 Å². The van der Waals surface area contributed by atoms with E-state index in [1.54, 1.807) is 37.5 Å². The molecule has 1 amide bonds. The van der Waals surface area contributed by atoms with Gasteiger partial charge in [0.05, 0.1) is 18.2 Å². The lowest BCUT2D eigenvalue weighted by molar-refractivity contribution is -0.140. The van der Waals surface area contributed by atoms with Crippen LogP contribution in [0.5, 0.6) is 11.5 Å². The summed E-state index contributed by atoms with van der Waals surface area (Å²) in [6.45, 7) is 7.37. The Kier molecular flexibility index (Phi) is 8.87. The number of ether oxygens (including phenoxy) is 3. The van der Waals surface area contributed by atoms with Crippen LogP contribution in [-0.2, 0) is 14.3 Å². The van der Waals surface area contributed by atoms with Gasteiger partial charge >= 0.3 is 0 Å². The summed E-state index contributed by atoms with van der Waals surface area (Å²) in [6.07, 6.45) is 3.09. The minimum absolute atomic E-state index is 0.0596. The summed E-state index contributed by atoms with van der Waals surface area (Å²) < 4.78 is 16.3. The van der Waals surface area contributed by atoms with Crippen LogP contribution in [0.1, 0.15) is 36.9 Å². The highest BCUT2D eigenvalue weighted by atomic mass is 16.5. The molecule has 180 valence electrons. The van der Waals surface area contributed by atoms with E-state index in [2.05, 4.69) is 6.58 Å². The standard InChI is InChI=1S/C27H31NO6/c1-4-16-33-21-11-7-19(8-12-21)24-23(26(30)27(31)28(24)15-6-18-32-3)25(29)20-9-13-22(14-10-20)34-17-5-2/h5,7-14,24,29H,2,4,6,15-18H2,1,3H3. The average molecular weight is 466 g/mol. The zero-order chi connectivity index (χ0) is 24.5. The molecule has 7 nitrogen and oxygen atoms in total. The number of amides is 1. The van der Waals surface area contributed by atoms with Gasteiger partial charge in [0.1, 0.15) is 23.9 Å². The van der Waals surface area contributed by atoms with E-state index in [1.807, 2.05) is 31.2 Å². The Balaban J connectivity index is 2.00. The van der Waals surface area contributed by atoms with E-state index in [0.29, 0.717) is 55.4 Å². The lowest BCUT2D eigenvalue weighted by Crippen LogP contribution is -2.31. The van der Waals surface area contributed by atoms with Crippen molar-refractivity contribution in [2.24, 2.45) is 0 Å². The molecule has 1 heterocycles. The molecule has 0 radical (unpaired) electrons. The zero-order valence-corrected chi connectivity index (χ0v) is 19.7. The summed E-state index contributed by atoms with van der Waals surface area (Å²) in [6, 6.07) is 13.3. The number of aliphatic hydroxyl groups excluding tert-OH is 1. The third kappa shape index (κ3) is 5.66. The monoisotopic (exact) mass is 465 g/mol. The van der Waals surface area contributed by atoms with Gasteiger partial charge in [-0.15, -0.1) is 0 Å². The smallest absolute Gasteiger partial charge is 0.295 e. The number of aliphatic hydroxyl groups is 1. The molecule has 0 aliphatic carbocycles. The molecule has 1 unspecified atom stereocenters. The maximum atomic E-state index is 13.1. The normalized spacial score (nSPS) is 17.1. The number of carbonyl (C=O) groups is 2. The lowest BCUT2D eigenvalue weighted by atomic mass is 9.95. The predicted molar refractivity (Wildman–Crippen MR) is 130 cm³/mol. The molecule has 1 fully saturated rings. The molecule has 3 rings (SSSR count). The van der Waals surface area contributed by atoms with Crippen molar-refractivity contribution in [1.82, 2.24) is 4.90 Å². The summed E-state index contributed by atoms with van der Waals surface area (Å²) in [7, 11) is 1.59. The first-order valence-electron chi connectivity index (χ1n) is 11.4. The van der Waals surface area contributed by atoms with Gasteiger partial charge < -0.3 is 24.2 Å². The molecule has 0 saturated carbocycles. The number of hydrogen-bond acceptors (Lipinski definition) is 6. The van der Waals surface area contributed by atoms with Gasteiger partial charge in [0, 0.05) is 25.8 Å². The third-order valence-electron chi connectivity index (χ3n) is 5.45. The quantitative estimate of drug-likeness (QED) is 0.163. The maximum Gasteiger partial charge on any atom is 0.295 e. The van der Waals surface area contributed by atoms with Crippen LogP contribution >= 0.6 is 0 Å². The fourth-order valence-electron chi connectivity index (χ4n) is 3.82. The molecular formula is C27H31NO6. The van der Waals surface area contributed by atoms with Gasteiger partial charge in [0.2, 0.25) is 0 Å². The van der Waals surface area contributed by atoms with Crippen LogP contribution in [0.4, 0.5) is 0 Å². The van der Waals surface area contributed by atoms with Crippen LogP contribution in [-0.4, -0.2) is 55.2 Å². The van der Waals surface area contributed by atoms with E-state index in [-0.39, 0.29) is 11.3 Å². The first kappa shape index (κ1) is 25.1. The summed E-state index contributed by atoms with van der Waals surface area (Å²) in [5, 5.41) is 11.1. The second kappa shape index (κ2) is 12.0. The van der Waals surface area contributed by atoms with Gasteiger partial charge in [-0.25, -0.2) is 0 Å². The fraction of sp³-hybridized carbons (Fsp3) is 0.333. The van der Waals surface area contributed by atoms with Gasteiger partial charge in [-0.3, -0.25) is 9.59 Å². The molecule has 0 aromatic heterocycles. The highest BCUT2D eigenvalue weighted by Crippen LogP contribution is 2.40. The van der Waals surface area contributed by atoms with E-state index in [0.717, 1.165) is 6.42 Å². The van der Waals surface area contributed by atoms with Gasteiger partial charge in [-0.05, 0) is 54.8 Å². The number of methoxy groups -OCH3 is 1. The first-order chi connectivity index (χ1) is 16.5. The molecule has 1 atom stereocenters. The molecule has 1 saturated heterocycles.